The summed E-state index contributed by atoms with van der Waals surface area (Å²) in [5.74, 6) is 0.854. The number of unbranched alkanes of at least 4 members (excludes halogenated alkanes) is 1. The van der Waals surface area contributed by atoms with E-state index in [2.05, 4.69) is 48.6 Å². The number of aryl methyl sites for hydroxylation is 4. The van der Waals surface area contributed by atoms with Gasteiger partial charge >= 0.3 is 0 Å². The van der Waals surface area contributed by atoms with E-state index in [4.69, 9.17) is 0 Å². The first-order chi connectivity index (χ1) is 11.7. The highest BCUT2D eigenvalue weighted by molar-refractivity contribution is 14.0. The average molecular weight is 460 g/mol. The highest BCUT2D eigenvalue weighted by atomic mass is 127. The summed E-state index contributed by atoms with van der Waals surface area (Å²) in [6.07, 6.45) is 6.66. The molecule has 2 aromatic rings. The molecule has 0 aliphatic heterocycles. The van der Waals surface area contributed by atoms with Gasteiger partial charge in [-0.15, -0.1) is 34.2 Å². The molecule has 25 heavy (non-hydrogen) atoms. The van der Waals surface area contributed by atoms with Crippen LogP contribution in [0.15, 0.2) is 23.7 Å². The van der Waals surface area contributed by atoms with Gasteiger partial charge in [-0.2, -0.15) is 5.10 Å². The van der Waals surface area contributed by atoms with E-state index >= 15 is 0 Å². The van der Waals surface area contributed by atoms with Gasteiger partial charge in [-0.1, -0.05) is 0 Å². The molecular weight excluding hydrogens is 431 g/mol. The minimum Gasteiger partial charge on any atom is -0.356 e. The number of aromatic nitrogens is 5. The van der Waals surface area contributed by atoms with E-state index in [1.54, 1.807) is 19.7 Å². The number of halogens is 1. The number of rotatable bonds is 9. The normalized spacial score (nSPS) is 11.2. The van der Waals surface area contributed by atoms with Crippen molar-refractivity contribution in [3.05, 3.63) is 30.1 Å². The van der Waals surface area contributed by atoms with E-state index in [0.29, 0.717) is 0 Å². The van der Waals surface area contributed by atoms with Crippen LogP contribution in [0.25, 0.3) is 0 Å². The van der Waals surface area contributed by atoms with Crippen molar-refractivity contribution < 1.29 is 0 Å². The van der Waals surface area contributed by atoms with Crippen molar-refractivity contribution in [2.24, 2.45) is 4.99 Å². The SMILES string of the molecule is CN=C(NCCCCn1cnnc1)NCCCn1nc(C)cc1C.I. The highest BCUT2D eigenvalue weighted by Gasteiger charge is 2.01. The first-order valence-electron chi connectivity index (χ1n) is 8.47. The van der Waals surface area contributed by atoms with Crippen LogP contribution in [0.1, 0.15) is 30.7 Å². The van der Waals surface area contributed by atoms with Crippen LogP contribution in [0, 0.1) is 13.8 Å². The van der Waals surface area contributed by atoms with Gasteiger partial charge in [-0.05, 0) is 39.2 Å². The monoisotopic (exact) mass is 460 g/mol. The Bertz CT molecular complexity index is 620. The van der Waals surface area contributed by atoms with Crippen LogP contribution >= 0.6 is 24.0 Å². The molecule has 2 heterocycles. The first kappa shape index (κ1) is 21.4. The van der Waals surface area contributed by atoms with Crippen LogP contribution in [0.4, 0.5) is 0 Å². The Hall–Kier alpha value is -1.65. The third-order valence-corrected chi connectivity index (χ3v) is 3.77. The minimum absolute atomic E-state index is 0. The quantitative estimate of drug-likeness (QED) is 0.258. The molecule has 2 aromatic heterocycles. The molecule has 0 bridgehead atoms. The molecule has 0 aromatic carbocycles. The van der Waals surface area contributed by atoms with Crippen molar-refractivity contribution >= 4 is 29.9 Å². The lowest BCUT2D eigenvalue weighted by molar-refractivity contribution is 0.553. The molecular formula is C16H29IN8. The second-order valence-corrected chi connectivity index (χ2v) is 5.84. The summed E-state index contributed by atoms with van der Waals surface area (Å²) in [5, 5.41) is 18.7. The molecule has 0 amide bonds. The third kappa shape index (κ3) is 7.84. The molecule has 0 unspecified atom stereocenters. The van der Waals surface area contributed by atoms with Gasteiger partial charge in [0.25, 0.3) is 0 Å². The zero-order valence-corrected chi connectivity index (χ0v) is 17.6. The van der Waals surface area contributed by atoms with Crippen molar-refractivity contribution in [1.29, 1.82) is 0 Å². The van der Waals surface area contributed by atoms with Crippen LogP contribution < -0.4 is 10.6 Å². The van der Waals surface area contributed by atoms with Crippen molar-refractivity contribution in [3.63, 3.8) is 0 Å². The number of guanidine groups is 1. The van der Waals surface area contributed by atoms with Crippen LogP contribution in [-0.2, 0) is 13.1 Å². The minimum atomic E-state index is 0. The van der Waals surface area contributed by atoms with Gasteiger partial charge in [0.2, 0.25) is 0 Å². The molecule has 0 aliphatic carbocycles. The summed E-state index contributed by atoms with van der Waals surface area (Å²) in [7, 11) is 1.80. The Morgan fingerprint density at radius 2 is 1.72 bits per heavy atom. The summed E-state index contributed by atoms with van der Waals surface area (Å²) < 4.78 is 4.05. The maximum atomic E-state index is 4.47. The topological polar surface area (TPSA) is 85.0 Å². The maximum absolute atomic E-state index is 4.47. The number of hydrogen-bond donors (Lipinski definition) is 2. The van der Waals surface area contributed by atoms with Crippen LogP contribution in [-0.4, -0.2) is 50.6 Å². The molecule has 0 saturated carbocycles. The lowest BCUT2D eigenvalue weighted by Gasteiger charge is -2.12. The van der Waals surface area contributed by atoms with Gasteiger partial charge in [0, 0.05) is 38.9 Å². The van der Waals surface area contributed by atoms with Crippen molar-refractivity contribution in [1.82, 2.24) is 35.2 Å². The number of nitrogens with one attached hydrogen (secondary N) is 2. The molecule has 9 heteroatoms. The lowest BCUT2D eigenvalue weighted by atomic mass is 10.3. The summed E-state index contributed by atoms with van der Waals surface area (Å²) in [6, 6.07) is 2.10. The summed E-state index contributed by atoms with van der Waals surface area (Å²) in [5.41, 5.74) is 2.28. The van der Waals surface area contributed by atoms with Crippen molar-refractivity contribution in [2.45, 2.75) is 46.2 Å². The maximum Gasteiger partial charge on any atom is 0.190 e. The highest BCUT2D eigenvalue weighted by Crippen LogP contribution is 2.02. The van der Waals surface area contributed by atoms with E-state index in [9.17, 15) is 0 Å². The van der Waals surface area contributed by atoms with Crippen LogP contribution in [0.2, 0.25) is 0 Å². The zero-order valence-electron chi connectivity index (χ0n) is 15.3. The molecule has 140 valence electrons. The van der Waals surface area contributed by atoms with Crippen LogP contribution in [0.3, 0.4) is 0 Å². The Morgan fingerprint density at radius 3 is 2.32 bits per heavy atom. The number of aliphatic imine (C=N–C) groups is 1. The van der Waals surface area contributed by atoms with E-state index < -0.39 is 0 Å². The van der Waals surface area contributed by atoms with E-state index in [0.717, 1.165) is 57.1 Å². The van der Waals surface area contributed by atoms with Crippen molar-refractivity contribution in [2.75, 3.05) is 20.1 Å². The number of nitrogens with zero attached hydrogens (tertiary/aromatic N) is 6. The average Bonchev–Trinajstić information content (AvgIpc) is 3.18. The van der Waals surface area contributed by atoms with Crippen molar-refractivity contribution in [3.8, 4) is 0 Å². The molecule has 0 aliphatic rings. The van der Waals surface area contributed by atoms with Gasteiger partial charge in [0.1, 0.15) is 12.7 Å². The largest absolute Gasteiger partial charge is 0.356 e. The molecule has 2 rings (SSSR count). The predicted octanol–water partition coefficient (Wildman–Crippen LogP) is 1.74. The van der Waals surface area contributed by atoms with E-state index in [1.165, 1.54) is 5.69 Å². The Balaban J connectivity index is 0.00000312. The Kier molecular flexibility index (Phi) is 10.1. The van der Waals surface area contributed by atoms with Gasteiger partial charge in [-0.25, -0.2) is 0 Å². The van der Waals surface area contributed by atoms with Crippen LogP contribution in [0.5, 0.6) is 0 Å². The lowest BCUT2D eigenvalue weighted by Crippen LogP contribution is -2.38. The molecule has 2 N–H and O–H groups in total. The van der Waals surface area contributed by atoms with Gasteiger partial charge in [-0.3, -0.25) is 9.67 Å². The van der Waals surface area contributed by atoms with E-state index in [-0.39, 0.29) is 24.0 Å². The zero-order chi connectivity index (χ0) is 17.2. The summed E-state index contributed by atoms with van der Waals surface area (Å²) in [4.78, 5) is 4.25. The second-order valence-electron chi connectivity index (χ2n) is 5.84. The molecule has 0 atom stereocenters. The molecule has 0 radical (unpaired) electrons. The third-order valence-electron chi connectivity index (χ3n) is 3.77. The van der Waals surface area contributed by atoms with Gasteiger partial charge in [0.05, 0.1) is 5.69 Å². The second kappa shape index (κ2) is 11.8. The fraction of sp³-hybridized carbons (Fsp3) is 0.625. The van der Waals surface area contributed by atoms with E-state index in [1.807, 2.05) is 11.5 Å². The fourth-order valence-corrected chi connectivity index (χ4v) is 2.52. The molecule has 0 spiro atoms. The standard InChI is InChI=1S/C16H28N8.HI/c1-14-11-15(2)24(22-14)10-6-8-19-16(17-3)18-7-4-5-9-23-12-20-21-13-23;/h11-13H,4-10H2,1-3H3,(H2,17,18,19);1H. The summed E-state index contributed by atoms with van der Waals surface area (Å²) >= 11 is 0. The molecule has 0 saturated heterocycles. The predicted molar refractivity (Wildman–Crippen MR) is 110 cm³/mol. The first-order valence-corrected chi connectivity index (χ1v) is 8.47. The summed E-state index contributed by atoms with van der Waals surface area (Å²) in [6.45, 7) is 7.76. The number of hydrogen-bond acceptors (Lipinski definition) is 4. The molecule has 8 nitrogen and oxygen atoms in total. The smallest absolute Gasteiger partial charge is 0.190 e. The van der Waals surface area contributed by atoms with Gasteiger partial charge < -0.3 is 15.2 Å². The Labute approximate surface area is 166 Å². The van der Waals surface area contributed by atoms with Gasteiger partial charge in [0.15, 0.2) is 5.96 Å². The fourth-order valence-electron chi connectivity index (χ4n) is 2.52. The molecule has 0 fully saturated rings. The Morgan fingerprint density at radius 1 is 1.04 bits per heavy atom.